The average Bonchev–Trinajstić information content (AvgIpc) is 2.28. The molecule has 0 amide bonds. The van der Waals surface area contributed by atoms with Crippen LogP contribution in [-0.4, -0.2) is 17.6 Å². The minimum atomic E-state index is 0.226. The van der Waals surface area contributed by atoms with Crippen molar-refractivity contribution in [2.75, 3.05) is 6.54 Å². The Morgan fingerprint density at radius 2 is 2.06 bits per heavy atom. The van der Waals surface area contributed by atoms with Crippen LogP contribution < -0.4 is 10.1 Å². The topological polar surface area (TPSA) is 34.1 Å². The first-order valence-electron chi connectivity index (χ1n) is 6.92. The van der Waals surface area contributed by atoms with E-state index in [1.807, 2.05) is 6.92 Å². The summed E-state index contributed by atoms with van der Waals surface area (Å²) in [7, 11) is 0. The minimum absolute atomic E-state index is 0.226. The highest BCUT2D eigenvalue weighted by molar-refractivity contribution is 5.36. The molecule has 0 spiro atoms. The Labute approximate surface area is 111 Å². The minimum Gasteiger partial charge on any atom is -0.474 e. The zero-order chi connectivity index (χ0) is 13.5. The van der Waals surface area contributed by atoms with Gasteiger partial charge in [0.25, 0.3) is 0 Å². The van der Waals surface area contributed by atoms with Crippen LogP contribution in [-0.2, 0) is 6.54 Å². The molecule has 102 valence electrons. The van der Waals surface area contributed by atoms with E-state index in [1.54, 1.807) is 0 Å². The highest BCUT2D eigenvalue weighted by Crippen LogP contribution is 2.22. The van der Waals surface area contributed by atoms with Gasteiger partial charge in [0, 0.05) is 17.8 Å². The lowest BCUT2D eigenvalue weighted by molar-refractivity contribution is 0.198. The van der Waals surface area contributed by atoms with E-state index in [1.165, 1.54) is 11.1 Å². The zero-order valence-electron chi connectivity index (χ0n) is 12.3. The second-order valence-electron chi connectivity index (χ2n) is 4.86. The molecule has 0 aliphatic carbocycles. The third kappa shape index (κ3) is 4.30. The van der Waals surface area contributed by atoms with E-state index < -0.39 is 0 Å². The van der Waals surface area contributed by atoms with Crippen molar-refractivity contribution in [2.24, 2.45) is 0 Å². The third-order valence-corrected chi connectivity index (χ3v) is 3.00. The van der Waals surface area contributed by atoms with Crippen LogP contribution in [0.1, 0.15) is 50.4 Å². The highest BCUT2D eigenvalue weighted by atomic mass is 16.5. The van der Waals surface area contributed by atoms with Crippen LogP contribution in [0.5, 0.6) is 5.88 Å². The number of aryl methyl sites for hydroxylation is 2. The van der Waals surface area contributed by atoms with E-state index in [-0.39, 0.29) is 6.10 Å². The van der Waals surface area contributed by atoms with E-state index in [0.717, 1.165) is 37.5 Å². The maximum Gasteiger partial charge on any atom is 0.218 e. The molecule has 1 heterocycles. The fraction of sp³-hybridized carbons (Fsp3) is 0.667. The number of nitrogens with one attached hydrogen (secondary N) is 1. The Hall–Kier alpha value is -1.09. The molecule has 0 fully saturated rings. The largest absolute Gasteiger partial charge is 0.474 e. The lowest BCUT2D eigenvalue weighted by atomic mass is 10.1. The monoisotopic (exact) mass is 250 g/mol. The Kier molecular flexibility index (Phi) is 6.13. The molecule has 1 aromatic rings. The van der Waals surface area contributed by atoms with Gasteiger partial charge < -0.3 is 10.1 Å². The SMILES string of the molecule is CCCC(C)Oc1nc(C)cc(C)c1CNCC. The van der Waals surface area contributed by atoms with Gasteiger partial charge in [-0.3, -0.25) is 0 Å². The summed E-state index contributed by atoms with van der Waals surface area (Å²) in [5.74, 6) is 0.800. The van der Waals surface area contributed by atoms with Crippen molar-refractivity contribution in [3.63, 3.8) is 0 Å². The smallest absolute Gasteiger partial charge is 0.218 e. The molecule has 3 nitrogen and oxygen atoms in total. The summed E-state index contributed by atoms with van der Waals surface area (Å²) < 4.78 is 5.99. The molecule has 0 bridgehead atoms. The number of ether oxygens (including phenoxy) is 1. The van der Waals surface area contributed by atoms with Gasteiger partial charge in [-0.2, -0.15) is 0 Å². The number of hydrogen-bond acceptors (Lipinski definition) is 3. The molecular weight excluding hydrogens is 224 g/mol. The Bertz CT molecular complexity index is 377. The number of aromatic nitrogens is 1. The molecule has 0 aliphatic heterocycles. The predicted molar refractivity (Wildman–Crippen MR) is 76.1 cm³/mol. The van der Waals surface area contributed by atoms with Crippen molar-refractivity contribution in [1.82, 2.24) is 10.3 Å². The molecular formula is C15H26N2O. The molecule has 0 aromatic carbocycles. The molecule has 0 aliphatic rings. The highest BCUT2D eigenvalue weighted by Gasteiger charge is 2.12. The fourth-order valence-electron chi connectivity index (χ4n) is 2.05. The van der Waals surface area contributed by atoms with Gasteiger partial charge in [-0.05, 0) is 45.4 Å². The lowest BCUT2D eigenvalue weighted by Crippen LogP contribution is -2.18. The number of nitrogens with zero attached hydrogens (tertiary/aromatic N) is 1. The predicted octanol–water partition coefficient (Wildman–Crippen LogP) is 3.38. The second kappa shape index (κ2) is 7.37. The summed E-state index contributed by atoms with van der Waals surface area (Å²) >= 11 is 0. The van der Waals surface area contributed by atoms with E-state index in [4.69, 9.17) is 4.74 Å². The van der Waals surface area contributed by atoms with Crippen molar-refractivity contribution >= 4 is 0 Å². The maximum absolute atomic E-state index is 5.99. The van der Waals surface area contributed by atoms with Crippen molar-refractivity contribution in [3.05, 3.63) is 22.9 Å². The Morgan fingerprint density at radius 1 is 1.33 bits per heavy atom. The molecule has 1 N–H and O–H groups in total. The van der Waals surface area contributed by atoms with Crippen LogP contribution in [0.15, 0.2) is 6.07 Å². The van der Waals surface area contributed by atoms with E-state index >= 15 is 0 Å². The van der Waals surface area contributed by atoms with Crippen LogP contribution in [0, 0.1) is 13.8 Å². The first kappa shape index (κ1) is 15.0. The van der Waals surface area contributed by atoms with Crippen LogP contribution in [0.25, 0.3) is 0 Å². The van der Waals surface area contributed by atoms with E-state index in [2.05, 4.69) is 44.1 Å². The second-order valence-corrected chi connectivity index (χ2v) is 4.86. The van der Waals surface area contributed by atoms with Gasteiger partial charge >= 0.3 is 0 Å². The first-order valence-corrected chi connectivity index (χ1v) is 6.92. The Morgan fingerprint density at radius 3 is 2.67 bits per heavy atom. The quantitative estimate of drug-likeness (QED) is 0.805. The van der Waals surface area contributed by atoms with Crippen LogP contribution in [0.2, 0.25) is 0 Å². The first-order chi connectivity index (χ1) is 8.58. The van der Waals surface area contributed by atoms with Gasteiger partial charge in [-0.15, -0.1) is 0 Å². The van der Waals surface area contributed by atoms with Gasteiger partial charge in [0.05, 0.1) is 6.10 Å². The molecule has 0 radical (unpaired) electrons. The molecule has 0 saturated carbocycles. The summed E-state index contributed by atoms with van der Waals surface area (Å²) in [6.07, 6.45) is 2.42. The normalized spacial score (nSPS) is 12.5. The molecule has 0 saturated heterocycles. The van der Waals surface area contributed by atoms with Gasteiger partial charge in [-0.1, -0.05) is 20.3 Å². The molecule has 1 rings (SSSR count). The van der Waals surface area contributed by atoms with Crippen molar-refractivity contribution in [2.45, 2.75) is 60.1 Å². The van der Waals surface area contributed by atoms with Gasteiger partial charge in [0.15, 0.2) is 0 Å². The van der Waals surface area contributed by atoms with Crippen molar-refractivity contribution in [3.8, 4) is 5.88 Å². The number of hydrogen-bond donors (Lipinski definition) is 1. The maximum atomic E-state index is 5.99. The molecule has 1 aromatic heterocycles. The average molecular weight is 250 g/mol. The van der Waals surface area contributed by atoms with Crippen LogP contribution >= 0.6 is 0 Å². The summed E-state index contributed by atoms with van der Waals surface area (Å²) in [5.41, 5.74) is 3.46. The third-order valence-electron chi connectivity index (χ3n) is 3.00. The van der Waals surface area contributed by atoms with Gasteiger partial charge in [-0.25, -0.2) is 4.98 Å². The summed E-state index contributed by atoms with van der Waals surface area (Å²) in [6, 6.07) is 2.12. The molecule has 1 unspecified atom stereocenters. The fourth-order valence-corrected chi connectivity index (χ4v) is 2.05. The number of rotatable bonds is 7. The Balaban J connectivity index is 2.91. The summed E-state index contributed by atoms with van der Waals surface area (Å²) in [5, 5.41) is 3.35. The van der Waals surface area contributed by atoms with E-state index in [0.29, 0.717) is 0 Å². The van der Waals surface area contributed by atoms with Crippen molar-refractivity contribution in [1.29, 1.82) is 0 Å². The molecule has 3 heteroatoms. The molecule has 1 atom stereocenters. The van der Waals surface area contributed by atoms with Gasteiger partial charge in [0.2, 0.25) is 5.88 Å². The zero-order valence-corrected chi connectivity index (χ0v) is 12.3. The van der Waals surface area contributed by atoms with E-state index in [9.17, 15) is 0 Å². The van der Waals surface area contributed by atoms with Crippen LogP contribution in [0.4, 0.5) is 0 Å². The lowest BCUT2D eigenvalue weighted by Gasteiger charge is -2.18. The number of pyridine rings is 1. The standard InChI is InChI=1S/C15H26N2O/c1-6-8-13(5)18-15-14(10-16-7-2)11(3)9-12(4)17-15/h9,13,16H,6-8,10H2,1-5H3. The van der Waals surface area contributed by atoms with Crippen LogP contribution in [0.3, 0.4) is 0 Å². The summed E-state index contributed by atoms with van der Waals surface area (Å²) in [6.45, 7) is 12.3. The summed E-state index contributed by atoms with van der Waals surface area (Å²) in [4.78, 5) is 4.55. The molecule has 18 heavy (non-hydrogen) atoms. The van der Waals surface area contributed by atoms with Crippen molar-refractivity contribution < 1.29 is 4.74 Å². The van der Waals surface area contributed by atoms with Gasteiger partial charge in [0.1, 0.15) is 0 Å².